The van der Waals surface area contributed by atoms with Gasteiger partial charge < -0.3 is 5.32 Å². The number of nitrogens with zero attached hydrogens (tertiary/aromatic N) is 3. The van der Waals surface area contributed by atoms with Gasteiger partial charge in [0.2, 0.25) is 11.0 Å². The molecule has 1 fully saturated rings. The molecular formula is C20H21ClN4O2S3. The smallest absolute Gasteiger partial charge is 0.266 e. The van der Waals surface area contributed by atoms with Gasteiger partial charge in [0.05, 0.1) is 4.91 Å². The highest BCUT2D eigenvalue weighted by atomic mass is 35.5. The van der Waals surface area contributed by atoms with E-state index in [2.05, 4.69) is 15.5 Å². The molecule has 1 N–H and O–H groups in total. The highest BCUT2D eigenvalue weighted by molar-refractivity contribution is 8.26. The molecule has 3 rings (SSSR count). The van der Waals surface area contributed by atoms with E-state index < -0.39 is 0 Å². The SMILES string of the molecule is CCc1nnc(NC(=O)CCCCCN2C(=O)/C(=C\c3ccccc3Cl)SC2=S)s1. The molecule has 2 amide bonds. The predicted octanol–water partition coefficient (Wildman–Crippen LogP) is 5.15. The Labute approximate surface area is 194 Å². The molecular weight excluding hydrogens is 460 g/mol. The number of benzene rings is 1. The molecule has 6 nitrogen and oxygen atoms in total. The minimum atomic E-state index is -0.0920. The lowest BCUT2D eigenvalue weighted by Gasteiger charge is -2.14. The second-order valence-corrected chi connectivity index (χ2v) is 9.71. The van der Waals surface area contributed by atoms with Gasteiger partial charge in [-0.05, 0) is 37.0 Å². The molecule has 0 unspecified atom stereocenters. The predicted molar refractivity (Wildman–Crippen MR) is 128 cm³/mol. The molecule has 30 heavy (non-hydrogen) atoms. The van der Waals surface area contributed by atoms with Crippen molar-refractivity contribution in [3.8, 4) is 0 Å². The van der Waals surface area contributed by atoms with E-state index in [-0.39, 0.29) is 11.8 Å². The summed E-state index contributed by atoms with van der Waals surface area (Å²) in [4.78, 5) is 26.9. The van der Waals surface area contributed by atoms with Crippen LogP contribution in [0.4, 0.5) is 5.13 Å². The third kappa shape index (κ3) is 6.10. The summed E-state index contributed by atoms with van der Waals surface area (Å²) in [5.74, 6) is -0.159. The third-order valence-electron chi connectivity index (χ3n) is 4.37. The van der Waals surface area contributed by atoms with E-state index in [1.807, 2.05) is 25.1 Å². The second kappa shape index (κ2) is 11.0. The standard InChI is InChI=1S/C20H21ClN4O2S3/c1-2-17-23-24-19(30-17)22-16(26)10-4-3-7-11-25-18(27)15(29-20(25)28)12-13-8-5-6-9-14(13)21/h5-6,8-9,12H,2-4,7,10-11H2,1H3,(H,22,24,26)/b15-12+. The van der Waals surface area contributed by atoms with Crippen molar-refractivity contribution >= 4 is 74.3 Å². The summed E-state index contributed by atoms with van der Waals surface area (Å²) >= 11 is 14.2. The van der Waals surface area contributed by atoms with Crippen LogP contribution in [-0.2, 0) is 16.0 Å². The number of halogens is 1. The lowest BCUT2D eigenvalue weighted by Crippen LogP contribution is -2.29. The zero-order chi connectivity index (χ0) is 21.5. The number of rotatable bonds is 9. The molecule has 0 saturated carbocycles. The highest BCUT2D eigenvalue weighted by Crippen LogP contribution is 2.33. The average Bonchev–Trinajstić information content (AvgIpc) is 3.28. The molecule has 0 radical (unpaired) electrons. The Morgan fingerprint density at radius 1 is 1.27 bits per heavy atom. The Morgan fingerprint density at radius 2 is 2.07 bits per heavy atom. The first-order valence-electron chi connectivity index (χ1n) is 9.60. The molecule has 1 aromatic carbocycles. The van der Waals surface area contributed by atoms with E-state index >= 15 is 0 Å². The molecule has 1 saturated heterocycles. The number of carbonyl (C=O) groups excluding carboxylic acids is 2. The van der Waals surface area contributed by atoms with Gasteiger partial charge in [0.15, 0.2) is 0 Å². The Bertz CT molecular complexity index is 976. The van der Waals surface area contributed by atoms with Crippen LogP contribution in [0.3, 0.4) is 0 Å². The first-order chi connectivity index (χ1) is 14.5. The van der Waals surface area contributed by atoms with Crippen molar-refractivity contribution in [3.63, 3.8) is 0 Å². The van der Waals surface area contributed by atoms with E-state index in [0.29, 0.717) is 32.3 Å². The normalized spacial score (nSPS) is 15.3. The fourth-order valence-electron chi connectivity index (χ4n) is 2.79. The van der Waals surface area contributed by atoms with Gasteiger partial charge in [-0.2, -0.15) is 0 Å². The molecule has 0 bridgehead atoms. The Morgan fingerprint density at radius 3 is 2.80 bits per heavy atom. The molecule has 158 valence electrons. The minimum Gasteiger partial charge on any atom is -0.301 e. The first-order valence-corrected chi connectivity index (χ1v) is 12.0. The number of hydrogen-bond acceptors (Lipinski definition) is 7. The summed E-state index contributed by atoms with van der Waals surface area (Å²) in [5, 5.41) is 12.7. The van der Waals surface area contributed by atoms with Crippen LogP contribution in [0.25, 0.3) is 6.08 Å². The van der Waals surface area contributed by atoms with Gasteiger partial charge in [0, 0.05) is 18.0 Å². The quantitative estimate of drug-likeness (QED) is 0.304. The maximum Gasteiger partial charge on any atom is 0.266 e. The number of anilines is 1. The van der Waals surface area contributed by atoms with Crippen LogP contribution < -0.4 is 5.32 Å². The Balaban J connectivity index is 1.41. The van der Waals surface area contributed by atoms with Crippen LogP contribution >= 0.6 is 46.9 Å². The van der Waals surface area contributed by atoms with Crippen molar-refractivity contribution in [1.29, 1.82) is 0 Å². The van der Waals surface area contributed by atoms with Gasteiger partial charge in [-0.1, -0.05) is 78.5 Å². The van der Waals surface area contributed by atoms with Gasteiger partial charge in [-0.15, -0.1) is 10.2 Å². The molecule has 0 spiro atoms. The van der Waals surface area contributed by atoms with Gasteiger partial charge in [0.1, 0.15) is 9.33 Å². The topological polar surface area (TPSA) is 75.2 Å². The number of thiocarbonyl (C=S) groups is 1. The van der Waals surface area contributed by atoms with Gasteiger partial charge >= 0.3 is 0 Å². The summed E-state index contributed by atoms with van der Waals surface area (Å²) in [6.07, 6.45) is 5.32. The van der Waals surface area contributed by atoms with Crippen molar-refractivity contribution in [2.75, 3.05) is 11.9 Å². The molecule has 0 aliphatic carbocycles. The number of carbonyl (C=O) groups is 2. The summed E-state index contributed by atoms with van der Waals surface area (Å²) in [7, 11) is 0. The molecule has 2 aromatic rings. The van der Waals surface area contributed by atoms with E-state index in [4.69, 9.17) is 23.8 Å². The Hall–Kier alpha value is -1.81. The number of aromatic nitrogens is 2. The van der Waals surface area contributed by atoms with Crippen LogP contribution in [0.2, 0.25) is 5.02 Å². The van der Waals surface area contributed by atoms with E-state index in [1.54, 1.807) is 17.0 Å². The lowest BCUT2D eigenvalue weighted by molar-refractivity contribution is -0.122. The second-order valence-electron chi connectivity index (χ2n) is 6.57. The van der Waals surface area contributed by atoms with Crippen molar-refractivity contribution in [3.05, 3.63) is 44.8 Å². The minimum absolute atomic E-state index is 0.0675. The number of unbranched alkanes of at least 4 members (excludes halogenated alkanes) is 2. The number of hydrogen-bond donors (Lipinski definition) is 1. The third-order valence-corrected chi connectivity index (χ3v) is 7.07. The van der Waals surface area contributed by atoms with Crippen LogP contribution in [-0.4, -0.2) is 37.8 Å². The van der Waals surface area contributed by atoms with E-state index in [0.717, 1.165) is 36.3 Å². The van der Waals surface area contributed by atoms with Crippen molar-refractivity contribution in [2.24, 2.45) is 0 Å². The molecule has 1 aliphatic rings. The fourth-order valence-corrected chi connectivity index (χ4v) is 4.97. The van der Waals surface area contributed by atoms with Crippen molar-refractivity contribution in [1.82, 2.24) is 15.1 Å². The number of amides is 2. The number of thioether (sulfide) groups is 1. The monoisotopic (exact) mass is 480 g/mol. The zero-order valence-electron chi connectivity index (χ0n) is 16.4. The summed E-state index contributed by atoms with van der Waals surface area (Å²) in [6.45, 7) is 2.54. The summed E-state index contributed by atoms with van der Waals surface area (Å²) in [6, 6.07) is 7.38. The largest absolute Gasteiger partial charge is 0.301 e. The van der Waals surface area contributed by atoms with Crippen LogP contribution in [0.1, 0.15) is 43.2 Å². The highest BCUT2D eigenvalue weighted by Gasteiger charge is 2.31. The molecule has 2 heterocycles. The molecule has 10 heteroatoms. The van der Waals surface area contributed by atoms with Crippen LogP contribution in [0, 0.1) is 0 Å². The zero-order valence-corrected chi connectivity index (χ0v) is 19.6. The molecule has 1 aliphatic heterocycles. The van der Waals surface area contributed by atoms with Crippen LogP contribution in [0.15, 0.2) is 29.2 Å². The maximum atomic E-state index is 12.7. The first kappa shape index (κ1) is 22.9. The van der Waals surface area contributed by atoms with Gasteiger partial charge in [0.25, 0.3) is 5.91 Å². The Kier molecular flexibility index (Phi) is 8.38. The summed E-state index contributed by atoms with van der Waals surface area (Å²) < 4.78 is 0.555. The van der Waals surface area contributed by atoms with Gasteiger partial charge in [-0.25, -0.2) is 0 Å². The van der Waals surface area contributed by atoms with E-state index in [9.17, 15) is 9.59 Å². The van der Waals surface area contributed by atoms with Crippen LogP contribution in [0.5, 0.6) is 0 Å². The van der Waals surface area contributed by atoms with Gasteiger partial charge in [-0.3, -0.25) is 14.5 Å². The maximum absolute atomic E-state index is 12.7. The molecule has 1 aromatic heterocycles. The number of nitrogens with one attached hydrogen (secondary N) is 1. The van der Waals surface area contributed by atoms with E-state index in [1.165, 1.54) is 23.1 Å². The lowest BCUT2D eigenvalue weighted by atomic mass is 10.1. The fraction of sp³-hybridized carbons (Fsp3) is 0.350. The van der Waals surface area contributed by atoms with Crippen molar-refractivity contribution < 1.29 is 9.59 Å². The average molecular weight is 481 g/mol. The number of aryl methyl sites for hydroxylation is 1. The summed E-state index contributed by atoms with van der Waals surface area (Å²) in [5.41, 5.74) is 0.798. The molecule has 0 atom stereocenters. The van der Waals surface area contributed by atoms with Crippen molar-refractivity contribution in [2.45, 2.75) is 39.0 Å².